The predicted molar refractivity (Wildman–Crippen MR) is 78.6 cm³/mol. The number of nitrogens with zero attached hydrogens (tertiary/aromatic N) is 2. The van der Waals surface area contributed by atoms with Crippen molar-refractivity contribution in [2.75, 3.05) is 0 Å². The van der Waals surface area contributed by atoms with Gasteiger partial charge in [0.25, 0.3) is 5.91 Å². The zero-order valence-electron chi connectivity index (χ0n) is 11.4. The second-order valence-corrected chi connectivity index (χ2v) is 6.42. The highest BCUT2D eigenvalue weighted by Crippen LogP contribution is 2.24. The molecule has 1 N–H and O–H groups in total. The van der Waals surface area contributed by atoms with Gasteiger partial charge in [-0.15, -0.1) is 0 Å². The van der Waals surface area contributed by atoms with E-state index in [0.29, 0.717) is 16.4 Å². The molecule has 4 nitrogen and oxygen atoms in total. The normalized spacial score (nSPS) is 23.1. The molecule has 0 atom stereocenters. The van der Waals surface area contributed by atoms with Crippen LogP contribution in [0.25, 0.3) is 0 Å². The monoisotopic (exact) mass is 325 g/mol. The number of halogens is 1. The van der Waals surface area contributed by atoms with Gasteiger partial charge in [-0.05, 0) is 45.1 Å². The third kappa shape index (κ3) is 3.75. The summed E-state index contributed by atoms with van der Waals surface area (Å²) in [4.78, 5) is 12.9. The first-order valence-corrected chi connectivity index (χ1v) is 7.79. The molecule has 19 heavy (non-hydrogen) atoms. The Kier molecular flexibility index (Phi) is 4.91. The van der Waals surface area contributed by atoms with Crippen LogP contribution in [0.4, 0.5) is 0 Å². The van der Waals surface area contributed by atoms with Gasteiger partial charge in [0.05, 0.1) is 17.0 Å². The maximum atomic E-state index is 12.3. The lowest BCUT2D eigenvalue weighted by Crippen LogP contribution is -2.38. The number of nitrogens with one attached hydrogen (secondary N) is 1. The Hall–Kier alpha value is -0.970. The van der Waals surface area contributed by atoms with E-state index < -0.39 is 0 Å². The fourth-order valence-electron chi connectivity index (χ4n) is 2.43. The summed E-state index contributed by atoms with van der Waals surface area (Å²) in [6, 6.07) is 2.12. The van der Waals surface area contributed by atoms with Gasteiger partial charge < -0.3 is 5.32 Å². The van der Waals surface area contributed by atoms with Crippen molar-refractivity contribution in [2.24, 2.45) is 0 Å². The van der Waals surface area contributed by atoms with Crippen LogP contribution in [0.5, 0.6) is 0 Å². The maximum absolute atomic E-state index is 12.3. The van der Waals surface area contributed by atoms with Crippen LogP contribution in [0.1, 0.15) is 54.4 Å². The molecule has 1 aromatic heterocycles. The summed E-state index contributed by atoms with van der Waals surface area (Å²) in [6.45, 7) is 3.85. The highest BCUT2D eigenvalue weighted by Gasteiger charge is 2.22. The number of alkyl halides is 1. The van der Waals surface area contributed by atoms with Gasteiger partial charge in [-0.3, -0.25) is 4.79 Å². The van der Waals surface area contributed by atoms with Crippen LogP contribution in [0.3, 0.4) is 0 Å². The highest BCUT2D eigenvalue weighted by molar-refractivity contribution is 9.09. The van der Waals surface area contributed by atoms with Gasteiger partial charge in [0, 0.05) is 10.9 Å². The van der Waals surface area contributed by atoms with Crippen LogP contribution in [0, 0.1) is 6.92 Å². The Morgan fingerprint density at radius 2 is 2.05 bits per heavy atom. The third-order valence-electron chi connectivity index (χ3n) is 3.56. The van der Waals surface area contributed by atoms with Crippen molar-refractivity contribution >= 4 is 21.8 Å². The molecule has 0 spiro atoms. The maximum Gasteiger partial charge on any atom is 0.253 e. The standard InChI is InChI=1S/C14H20BrN3O/c1-3-13-12(8-9(2)17-18-13)14(19)16-11-6-4-10(15)5-7-11/h8,10-11H,3-7H2,1-2H3,(H,16,19). The summed E-state index contributed by atoms with van der Waals surface area (Å²) in [5, 5.41) is 11.2. The average molecular weight is 326 g/mol. The number of hydrogen-bond acceptors (Lipinski definition) is 3. The van der Waals surface area contributed by atoms with Gasteiger partial charge in [-0.25, -0.2) is 0 Å². The summed E-state index contributed by atoms with van der Waals surface area (Å²) >= 11 is 3.63. The van der Waals surface area contributed by atoms with Crippen molar-refractivity contribution in [1.29, 1.82) is 0 Å². The summed E-state index contributed by atoms with van der Waals surface area (Å²) in [7, 11) is 0. The van der Waals surface area contributed by atoms with Gasteiger partial charge in [0.1, 0.15) is 0 Å². The van der Waals surface area contributed by atoms with Crippen LogP contribution in [0.2, 0.25) is 0 Å². The summed E-state index contributed by atoms with van der Waals surface area (Å²) in [5.41, 5.74) is 2.24. The number of carbonyl (C=O) groups excluding carboxylic acids is 1. The molecular weight excluding hydrogens is 306 g/mol. The molecule has 0 radical (unpaired) electrons. The minimum atomic E-state index is -0.00660. The minimum Gasteiger partial charge on any atom is -0.349 e. The number of aromatic nitrogens is 2. The van der Waals surface area contributed by atoms with Gasteiger partial charge in [0.15, 0.2) is 0 Å². The molecule has 2 rings (SSSR count). The Morgan fingerprint density at radius 1 is 1.37 bits per heavy atom. The second kappa shape index (κ2) is 6.46. The first-order valence-electron chi connectivity index (χ1n) is 6.88. The highest BCUT2D eigenvalue weighted by atomic mass is 79.9. The minimum absolute atomic E-state index is 0.00660. The summed E-state index contributed by atoms with van der Waals surface area (Å²) < 4.78 is 0. The van der Waals surface area contributed by atoms with E-state index >= 15 is 0 Å². The molecule has 0 saturated heterocycles. The van der Waals surface area contributed by atoms with E-state index in [1.165, 1.54) is 0 Å². The van der Waals surface area contributed by atoms with Gasteiger partial charge in [0.2, 0.25) is 0 Å². The SMILES string of the molecule is CCc1nnc(C)cc1C(=O)NC1CCC(Br)CC1. The average Bonchev–Trinajstić information content (AvgIpc) is 2.41. The Labute approximate surface area is 122 Å². The summed E-state index contributed by atoms with van der Waals surface area (Å²) in [6.07, 6.45) is 5.06. The van der Waals surface area contributed by atoms with Crippen molar-refractivity contribution in [3.63, 3.8) is 0 Å². The number of aryl methyl sites for hydroxylation is 2. The lowest BCUT2D eigenvalue weighted by atomic mass is 9.95. The van der Waals surface area contributed by atoms with Crippen LogP contribution < -0.4 is 5.32 Å². The van der Waals surface area contributed by atoms with Crippen LogP contribution in [-0.2, 0) is 6.42 Å². The van der Waals surface area contributed by atoms with Crippen LogP contribution in [-0.4, -0.2) is 27.0 Å². The van der Waals surface area contributed by atoms with Gasteiger partial charge >= 0.3 is 0 Å². The molecule has 1 heterocycles. The molecule has 1 aliphatic carbocycles. The van der Waals surface area contributed by atoms with Gasteiger partial charge in [-0.2, -0.15) is 10.2 Å². The van der Waals surface area contributed by atoms with E-state index in [2.05, 4.69) is 31.4 Å². The first-order chi connectivity index (χ1) is 9.10. The molecule has 1 amide bonds. The topological polar surface area (TPSA) is 54.9 Å². The number of rotatable bonds is 3. The zero-order chi connectivity index (χ0) is 13.8. The fourth-order valence-corrected chi connectivity index (χ4v) is 2.96. The fraction of sp³-hybridized carbons (Fsp3) is 0.643. The smallest absolute Gasteiger partial charge is 0.253 e. The lowest BCUT2D eigenvalue weighted by Gasteiger charge is -2.26. The lowest BCUT2D eigenvalue weighted by molar-refractivity contribution is 0.0926. The van der Waals surface area contributed by atoms with Crippen molar-refractivity contribution in [3.05, 3.63) is 23.0 Å². The van der Waals surface area contributed by atoms with Crippen LogP contribution in [0.15, 0.2) is 6.07 Å². The second-order valence-electron chi connectivity index (χ2n) is 5.12. The van der Waals surface area contributed by atoms with Crippen molar-refractivity contribution in [1.82, 2.24) is 15.5 Å². The van der Waals surface area contributed by atoms with E-state index in [1.807, 2.05) is 19.9 Å². The molecule has 1 fully saturated rings. The molecule has 1 saturated carbocycles. The molecule has 0 bridgehead atoms. The van der Waals surface area contributed by atoms with E-state index in [-0.39, 0.29) is 5.91 Å². The molecule has 0 unspecified atom stereocenters. The van der Waals surface area contributed by atoms with Crippen molar-refractivity contribution in [3.8, 4) is 0 Å². The number of amides is 1. The predicted octanol–water partition coefficient (Wildman–Crippen LogP) is 2.78. The molecule has 0 aliphatic heterocycles. The number of carbonyl (C=O) groups is 1. The third-order valence-corrected chi connectivity index (χ3v) is 4.48. The molecule has 104 valence electrons. The van der Waals surface area contributed by atoms with E-state index in [1.54, 1.807) is 0 Å². The first kappa shape index (κ1) is 14.4. The molecule has 0 aromatic carbocycles. The largest absolute Gasteiger partial charge is 0.349 e. The van der Waals surface area contributed by atoms with Crippen molar-refractivity contribution < 1.29 is 4.79 Å². The molecular formula is C14H20BrN3O. The van der Waals surface area contributed by atoms with Crippen LogP contribution >= 0.6 is 15.9 Å². The van der Waals surface area contributed by atoms with E-state index in [4.69, 9.17) is 0 Å². The zero-order valence-corrected chi connectivity index (χ0v) is 13.0. The molecule has 1 aromatic rings. The van der Waals surface area contributed by atoms with E-state index in [0.717, 1.165) is 43.5 Å². The Balaban J connectivity index is 2.05. The van der Waals surface area contributed by atoms with E-state index in [9.17, 15) is 4.79 Å². The quantitative estimate of drug-likeness (QED) is 0.869. The molecule has 1 aliphatic rings. The Morgan fingerprint density at radius 3 is 2.68 bits per heavy atom. The van der Waals surface area contributed by atoms with Gasteiger partial charge in [-0.1, -0.05) is 22.9 Å². The molecule has 5 heteroatoms. The number of hydrogen-bond donors (Lipinski definition) is 1. The van der Waals surface area contributed by atoms with Crippen molar-refractivity contribution in [2.45, 2.75) is 56.8 Å². The Bertz CT molecular complexity index is 456. The summed E-state index contributed by atoms with van der Waals surface area (Å²) in [5.74, 6) is -0.00660.